The van der Waals surface area contributed by atoms with E-state index < -0.39 is 0 Å². The highest BCUT2D eigenvalue weighted by Gasteiger charge is 2.17. The van der Waals surface area contributed by atoms with Gasteiger partial charge >= 0.3 is 0 Å². The lowest BCUT2D eigenvalue weighted by molar-refractivity contribution is 0.171. The molecule has 0 amide bonds. The molecule has 3 heteroatoms. The smallest absolute Gasteiger partial charge is 0.0220 e. The lowest BCUT2D eigenvalue weighted by atomic mass is 10.0. The first kappa shape index (κ1) is 42.9. The summed E-state index contributed by atoms with van der Waals surface area (Å²) >= 11 is 0. The minimum Gasteiger partial charge on any atom is -0.329 e. The van der Waals surface area contributed by atoms with Crippen molar-refractivity contribution in [2.45, 2.75) is 226 Å². The van der Waals surface area contributed by atoms with Crippen LogP contribution in [0.2, 0.25) is 0 Å². The summed E-state index contributed by atoms with van der Waals surface area (Å²) in [4.78, 5) is 2.91. The number of nitrogens with two attached hydrogens (primary N) is 1. The van der Waals surface area contributed by atoms with Crippen LogP contribution in [0, 0.1) is 0 Å². The van der Waals surface area contributed by atoms with E-state index in [9.17, 15) is 0 Å². The first-order valence-corrected chi connectivity index (χ1v) is 20.4. The Morgan fingerprint density at radius 2 is 0.721 bits per heavy atom. The molecule has 0 saturated heterocycles. The number of rotatable bonds is 38. The van der Waals surface area contributed by atoms with E-state index in [4.69, 9.17) is 5.73 Å². The van der Waals surface area contributed by atoms with Crippen molar-refractivity contribution in [3.63, 3.8) is 0 Å². The second-order valence-corrected chi connectivity index (χ2v) is 14.0. The van der Waals surface area contributed by atoms with Crippen LogP contribution in [0.3, 0.4) is 0 Å². The summed E-state index contributed by atoms with van der Waals surface area (Å²) in [5.74, 6) is 0. The van der Waals surface area contributed by atoms with E-state index in [0.29, 0.717) is 6.04 Å². The third kappa shape index (κ3) is 33.1. The van der Waals surface area contributed by atoms with Crippen LogP contribution in [0.4, 0.5) is 0 Å². The molecule has 3 nitrogen and oxygen atoms in total. The summed E-state index contributed by atoms with van der Waals surface area (Å²) in [6.45, 7) is 12.4. The van der Waals surface area contributed by atoms with Crippen LogP contribution in [0.25, 0.3) is 0 Å². The SMILES string of the molecule is CCCCCCCCCCCCC(CNCCN)N(CCCCCCCCCCCC)CCCCCCCCCCCC. The van der Waals surface area contributed by atoms with Crippen molar-refractivity contribution in [2.75, 3.05) is 32.7 Å². The highest BCUT2D eigenvalue weighted by molar-refractivity contribution is 4.75. The number of hydrogen-bond acceptors (Lipinski definition) is 3. The first-order valence-electron chi connectivity index (χ1n) is 20.4. The molecule has 0 saturated carbocycles. The lowest BCUT2D eigenvalue weighted by Crippen LogP contribution is -2.44. The average Bonchev–Trinajstić information content (AvgIpc) is 3.02. The quantitative estimate of drug-likeness (QED) is 0.0686. The van der Waals surface area contributed by atoms with Crippen molar-refractivity contribution in [3.05, 3.63) is 0 Å². The Labute approximate surface area is 274 Å². The molecule has 0 aliphatic heterocycles. The molecule has 0 aromatic carbocycles. The molecule has 0 rings (SSSR count). The van der Waals surface area contributed by atoms with E-state index in [-0.39, 0.29) is 0 Å². The molecule has 0 bridgehead atoms. The molecule has 43 heavy (non-hydrogen) atoms. The van der Waals surface area contributed by atoms with Gasteiger partial charge in [0.15, 0.2) is 0 Å². The van der Waals surface area contributed by atoms with Crippen LogP contribution in [0.1, 0.15) is 220 Å². The van der Waals surface area contributed by atoms with Crippen molar-refractivity contribution < 1.29 is 0 Å². The maximum absolute atomic E-state index is 5.87. The Bertz CT molecular complexity index is 458. The average molecular weight is 608 g/mol. The Morgan fingerprint density at radius 3 is 1.05 bits per heavy atom. The van der Waals surface area contributed by atoms with Crippen LogP contribution in [-0.4, -0.2) is 43.7 Å². The maximum Gasteiger partial charge on any atom is 0.0220 e. The van der Waals surface area contributed by atoms with Crippen molar-refractivity contribution >= 4 is 0 Å². The maximum atomic E-state index is 5.87. The summed E-state index contributed by atoms with van der Waals surface area (Å²) in [6.07, 6.45) is 44.3. The predicted molar refractivity (Wildman–Crippen MR) is 197 cm³/mol. The van der Waals surface area contributed by atoms with Crippen LogP contribution in [0.15, 0.2) is 0 Å². The Kier molecular flexibility index (Phi) is 38.0. The van der Waals surface area contributed by atoms with E-state index in [1.165, 1.54) is 212 Å². The molecule has 0 spiro atoms. The minimum atomic E-state index is 0.692. The molecule has 0 aromatic heterocycles. The topological polar surface area (TPSA) is 41.3 Å². The van der Waals surface area contributed by atoms with Gasteiger partial charge in [-0.2, -0.15) is 0 Å². The number of hydrogen-bond donors (Lipinski definition) is 2. The third-order valence-electron chi connectivity index (χ3n) is 9.71. The number of nitrogens with one attached hydrogen (secondary N) is 1. The van der Waals surface area contributed by atoms with Gasteiger partial charge < -0.3 is 11.1 Å². The highest BCUT2D eigenvalue weighted by Crippen LogP contribution is 2.18. The third-order valence-corrected chi connectivity index (χ3v) is 9.71. The van der Waals surface area contributed by atoms with E-state index in [2.05, 4.69) is 31.0 Å². The van der Waals surface area contributed by atoms with Crippen LogP contribution in [-0.2, 0) is 0 Å². The summed E-state index contributed by atoms with van der Waals surface area (Å²) in [5.41, 5.74) is 5.87. The van der Waals surface area contributed by atoms with Crippen LogP contribution >= 0.6 is 0 Å². The minimum absolute atomic E-state index is 0.692. The molecule has 0 radical (unpaired) electrons. The van der Waals surface area contributed by atoms with Gasteiger partial charge in [-0.05, 0) is 32.4 Å². The molecule has 0 aromatic rings. The van der Waals surface area contributed by atoms with Gasteiger partial charge in [-0.25, -0.2) is 0 Å². The number of nitrogens with zero attached hydrogens (tertiary/aromatic N) is 1. The van der Waals surface area contributed by atoms with Crippen molar-refractivity contribution in [3.8, 4) is 0 Å². The molecule has 0 aliphatic rings. The predicted octanol–water partition coefficient (Wildman–Crippen LogP) is 12.4. The van der Waals surface area contributed by atoms with Gasteiger partial charge in [0.2, 0.25) is 0 Å². The van der Waals surface area contributed by atoms with Gasteiger partial charge in [-0.1, -0.05) is 201 Å². The Balaban J connectivity index is 4.53. The summed E-state index contributed by atoms with van der Waals surface area (Å²) in [7, 11) is 0. The number of unbranched alkanes of at least 4 members (excludes halogenated alkanes) is 27. The van der Waals surface area contributed by atoms with Gasteiger partial charge in [0, 0.05) is 25.7 Å². The fraction of sp³-hybridized carbons (Fsp3) is 1.00. The van der Waals surface area contributed by atoms with Gasteiger partial charge in [0.1, 0.15) is 0 Å². The summed E-state index contributed by atoms with van der Waals surface area (Å²) < 4.78 is 0. The molecule has 0 aliphatic carbocycles. The normalized spacial score (nSPS) is 12.5. The second kappa shape index (κ2) is 38.1. The Morgan fingerprint density at radius 1 is 0.419 bits per heavy atom. The lowest BCUT2D eigenvalue weighted by Gasteiger charge is -2.32. The molecule has 260 valence electrons. The van der Waals surface area contributed by atoms with Gasteiger partial charge in [-0.3, -0.25) is 4.90 Å². The van der Waals surface area contributed by atoms with E-state index in [0.717, 1.165) is 19.6 Å². The zero-order valence-corrected chi connectivity index (χ0v) is 30.6. The molecule has 1 unspecified atom stereocenters. The zero-order valence-electron chi connectivity index (χ0n) is 30.6. The second-order valence-electron chi connectivity index (χ2n) is 14.0. The molecular formula is C40H85N3. The summed E-state index contributed by atoms with van der Waals surface area (Å²) in [6, 6.07) is 0.692. The van der Waals surface area contributed by atoms with Gasteiger partial charge in [0.05, 0.1) is 0 Å². The molecule has 0 heterocycles. The van der Waals surface area contributed by atoms with Crippen molar-refractivity contribution in [1.29, 1.82) is 0 Å². The fourth-order valence-corrected chi connectivity index (χ4v) is 6.73. The Hall–Kier alpha value is -0.120. The molecule has 0 fully saturated rings. The molecular weight excluding hydrogens is 522 g/mol. The summed E-state index contributed by atoms with van der Waals surface area (Å²) in [5, 5.41) is 3.71. The highest BCUT2D eigenvalue weighted by atomic mass is 15.2. The largest absolute Gasteiger partial charge is 0.329 e. The van der Waals surface area contributed by atoms with Crippen molar-refractivity contribution in [2.24, 2.45) is 5.73 Å². The fourth-order valence-electron chi connectivity index (χ4n) is 6.73. The van der Waals surface area contributed by atoms with E-state index >= 15 is 0 Å². The van der Waals surface area contributed by atoms with Gasteiger partial charge in [-0.15, -0.1) is 0 Å². The first-order chi connectivity index (χ1) is 21.3. The van der Waals surface area contributed by atoms with E-state index in [1.807, 2.05) is 0 Å². The molecule has 1 atom stereocenters. The van der Waals surface area contributed by atoms with Gasteiger partial charge in [0.25, 0.3) is 0 Å². The van der Waals surface area contributed by atoms with Crippen molar-refractivity contribution in [1.82, 2.24) is 10.2 Å². The standard InChI is InChI=1S/C40H85N3/c1-4-7-10-13-16-19-22-25-28-31-34-40(39-42-36-35-41)43(37-32-29-26-23-20-17-14-11-8-5-2)38-33-30-27-24-21-18-15-12-9-6-3/h40,42H,4-39,41H2,1-3H3. The zero-order chi connectivity index (χ0) is 31.3. The van der Waals surface area contributed by atoms with E-state index in [1.54, 1.807) is 0 Å². The molecule has 3 N–H and O–H groups in total. The monoisotopic (exact) mass is 608 g/mol. The van der Waals surface area contributed by atoms with Crippen LogP contribution in [0.5, 0.6) is 0 Å². The van der Waals surface area contributed by atoms with Crippen LogP contribution < -0.4 is 11.1 Å².